The first-order valence-electron chi connectivity index (χ1n) is 7.90. The molecule has 1 amide bonds. The number of carbonyl (C=O) groups is 1. The van der Waals surface area contributed by atoms with Crippen LogP contribution in [0.15, 0.2) is 28.7 Å². The number of halogens is 1. The molecule has 0 radical (unpaired) electrons. The molecule has 5 rings (SSSR count). The second-order valence-corrected chi connectivity index (χ2v) is 8.14. The highest BCUT2D eigenvalue weighted by Crippen LogP contribution is 2.76. The van der Waals surface area contributed by atoms with E-state index in [0.29, 0.717) is 17.3 Å². The normalized spacial score (nSPS) is 41.9. The third-order valence-corrected chi connectivity index (χ3v) is 7.17. The standard InChI is InChI=1S/C17H18BrNO2/c18-9-1-3-10(4-2-9)19-15(20)13-11-5-6-12(14(13)16(19)21)17(11)7-8-17/h1-4,11-15,20H,5-8H2. The minimum atomic E-state index is -0.628. The lowest BCUT2D eigenvalue weighted by molar-refractivity contribution is -0.122. The van der Waals surface area contributed by atoms with E-state index in [1.54, 1.807) is 4.90 Å². The van der Waals surface area contributed by atoms with Crippen LogP contribution in [-0.2, 0) is 4.79 Å². The Hall–Kier alpha value is -0.870. The zero-order valence-electron chi connectivity index (χ0n) is 11.7. The third kappa shape index (κ3) is 1.41. The number of anilines is 1. The SMILES string of the molecule is O=C1C2C(C(O)N1c1ccc(Br)cc1)C1CCC2C12CC2. The Labute approximate surface area is 132 Å². The number of nitrogens with zero attached hydrogens (tertiary/aromatic N) is 1. The van der Waals surface area contributed by atoms with Crippen LogP contribution in [0.2, 0.25) is 0 Å². The maximum absolute atomic E-state index is 12.9. The Morgan fingerprint density at radius 2 is 1.81 bits per heavy atom. The summed E-state index contributed by atoms with van der Waals surface area (Å²) in [5.74, 6) is 1.52. The van der Waals surface area contributed by atoms with E-state index in [9.17, 15) is 9.90 Å². The van der Waals surface area contributed by atoms with E-state index in [-0.39, 0.29) is 17.7 Å². The highest BCUT2D eigenvalue weighted by molar-refractivity contribution is 9.10. The van der Waals surface area contributed by atoms with Gasteiger partial charge in [0.25, 0.3) is 0 Å². The highest BCUT2D eigenvalue weighted by Gasteiger charge is 2.74. The van der Waals surface area contributed by atoms with Crippen LogP contribution in [0.25, 0.3) is 0 Å². The van der Waals surface area contributed by atoms with Crippen molar-refractivity contribution in [3.05, 3.63) is 28.7 Å². The van der Waals surface area contributed by atoms with Crippen LogP contribution in [-0.4, -0.2) is 17.2 Å². The average Bonchev–Trinajstić information content (AvgIpc) is 3.07. The summed E-state index contributed by atoms with van der Waals surface area (Å²) in [4.78, 5) is 14.6. The summed E-state index contributed by atoms with van der Waals surface area (Å²) >= 11 is 3.42. The molecule has 5 atom stereocenters. The van der Waals surface area contributed by atoms with Gasteiger partial charge in [-0.3, -0.25) is 9.69 Å². The van der Waals surface area contributed by atoms with Crippen molar-refractivity contribution in [1.82, 2.24) is 0 Å². The first kappa shape index (κ1) is 12.7. The quantitative estimate of drug-likeness (QED) is 0.847. The van der Waals surface area contributed by atoms with Crippen LogP contribution in [0, 0.1) is 29.1 Å². The molecule has 3 aliphatic carbocycles. The van der Waals surface area contributed by atoms with Gasteiger partial charge < -0.3 is 5.11 Å². The molecule has 1 spiro atoms. The number of aliphatic hydroxyl groups is 1. The van der Waals surface area contributed by atoms with Gasteiger partial charge in [0.1, 0.15) is 6.23 Å². The molecular formula is C17H18BrNO2. The minimum Gasteiger partial charge on any atom is -0.373 e. The molecule has 0 aromatic heterocycles. The lowest BCUT2D eigenvalue weighted by Gasteiger charge is -2.28. The molecule has 4 fully saturated rings. The van der Waals surface area contributed by atoms with Gasteiger partial charge in [-0.15, -0.1) is 0 Å². The van der Waals surface area contributed by atoms with Crippen LogP contribution in [0.4, 0.5) is 5.69 Å². The summed E-state index contributed by atoms with van der Waals surface area (Å²) in [6.45, 7) is 0. The summed E-state index contributed by atoms with van der Waals surface area (Å²) < 4.78 is 0.990. The van der Waals surface area contributed by atoms with Crippen molar-refractivity contribution in [2.24, 2.45) is 29.1 Å². The van der Waals surface area contributed by atoms with Gasteiger partial charge in [-0.25, -0.2) is 0 Å². The molecule has 4 heteroatoms. The Balaban J connectivity index is 1.54. The Bertz CT molecular complexity index is 624. The van der Waals surface area contributed by atoms with Crippen LogP contribution in [0.3, 0.4) is 0 Å². The molecule has 3 nitrogen and oxygen atoms in total. The van der Waals surface area contributed by atoms with Crippen molar-refractivity contribution in [3.8, 4) is 0 Å². The third-order valence-electron chi connectivity index (χ3n) is 6.64. The molecule has 1 saturated heterocycles. The minimum absolute atomic E-state index is 0.0740. The number of hydrogen-bond donors (Lipinski definition) is 1. The molecule has 5 unspecified atom stereocenters. The molecule has 1 aromatic rings. The Kier molecular flexibility index (Phi) is 2.35. The summed E-state index contributed by atoms with van der Waals surface area (Å²) in [6, 6.07) is 7.70. The number of hydrogen-bond acceptors (Lipinski definition) is 2. The molecule has 2 bridgehead atoms. The van der Waals surface area contributed by atoms with Gasteiger partial charge in [-0.05, 0) is 67.2 Å². The zero-order valence-corrected chi connectivity index (χ0v) is 13.3. The fourth-order valence-electron chi connectivity index (χ4n) is 5.80. The van der Waals surface area contributed by atoms with Crippen molar-refractivity contribution in [3.63, 3.8) is 0 Å². The molecule has 1 N–H and O–H groups in total. The van der Waals surface area contributed by atoms with Gasteiger partial charge in [-0.2, -0.15) is 0 Å². The predicted octanol–water partition coefficient (Wildman–Crippen LogP) is 3.17. The fraction of sp³-hybridized carbons (Fsp3) is 0.588. The Morgan fingerprint density at radius 3 is 2.43 bits per heavy atom. The molecule has 1 aromatic carbocycles. The predicted molar refractivity (Wildman–Crippen MR) is 82.5 cm³/mol. The van der Waals surface area contributed by atoms with Gasteiger partial charge in [0, 0.05) is 22.0 Å². The molecule has 1 aliphatic heterocycles. The number of fused-ring (bicyclic) bond motifs is 3. The van der Waals surface area contributed by atoms with Crippen LogP contribution in [0.5, 0.6) is 0 Å². The van der Waals surface area contributed by atoms with E-state index in [0.717, 1.165) is 10.2 Å². The number of rotatable bonds is 1. The Morgan fingerprint density at radius 1 is 1.14 bits per heavy atom. The zero-order chi connectivity index (χ0) is 14.4. The summed E-state index contributed by atoms with van der Waals surface area (Å²) in [7, 11) is 0. The highest BCUT2D eigenvalue weighted by atomic mass is 79.9. The van der Waals surface area contributed by atoms with E-state index in [1.165, 1.54) is 25.7 Å². The molecule has 21 heavy (non-hydrogen) atoms. The smallest absolute Gasteiger partial charge is 0.232 e. The van der Waals surface area contributed by atoms with Gasteiger partial charge in [0.2, 0.25) is 5.91 Å². The number of amides is 1. The van der Waals surface area contributed by atoms with E-state index in [1.807, 2.05) is 24.3 Å². The monoisotopic (exact) mass is 347 g/mol. The van der Waals surface area contributed by atoms with Gasteiger partial charge >= 0.3 is 0 Å². The molecule has 3 saturated carbocycles. The largest absolute Gasteiger partial charge is 0.373 e. The van der Waals surface area contributed by atoms with Gasteiger partial charge in [0.05, 0.1) is 0 Å². The summed E-state index contributed by atoms with van der Waals surface area (Å²) in [5.41, 5.74) is 1.27. The second kappa shape index (κ2) is 3.90. The van der Waals surface area contributed by atoms with Gasteiger partial charge in [-0.1, -0.05) is 15.9 Å². The fourth-order valence-corrected chi connectivity index (χ4v) is 6.07. The van der Waals surface area contributed by atoms with Crippen LogP contribution < -0.4 is 4.90 Å². The van der Waals surface area contributed by atoms with E-state index in [2.05, 4.69) is 15.9 Å². The van der Waals surface area contributed by atoms with Crippen molar-refractivity contribution >= 4 is 27.5 Å². The number of carbonyl (C=O) groups excluding carboxylic acids is 1. The molecular weight excluding hydrogens is 330 g/mol. The van der Waals surface area contributed by atoms with Crippen LogP contribution >= 0.6 is 15.9 Å². The van der Waals surface area contributed by atoms with Crippen LogP contribution in [0.1, 0.15) is 25.7 Å². The van der Waals surface area contributed by atoms with E-state index in [4.69, 9.17) is 0 Å². The molecule has 1 heterocycles. The summed E-state index contributed by atoms with van der Waals surface area (Å²) in [6.07, 6.45) is 4.35. The van der Waals surface area contributed by atoms with E-state index >= 15 is 0 Å². The van der Waals surface area contributed by atoms with Gasteiger partial charge in [0.15, 0.2) is 0 Å². The lowest BCUT2D eigenvalue weighted by Crippen LogP contribution is -2.38. The average molecular weight is 348 g/mol. The van der Waals surface area contributed by atoms with Crippen molar-refractivity contribution in [2.75, 3.05) is 4.90 Å². The first-order valence-corrected chi connectivity index (χ1v) is 8.69. The second-order valence-electron chi connectivity index (χ2n) is 7.22. The maximum atomic E-state index is 12.9. The first-order chi connectivity index (χ1) is 10.1. The number of aliphatic hydroxyl groups excluding tert-OH is 1. The van der Waals surface area contributed by atoms with Crippen molar-refractivity contribution in [1.29, 1.82) is 0 Å². The topological polar surface area (TPSA) is 40.5 Å². The summed E-state index contributed by atoms with van der Waals surface area (Å²) in [5, 5.41) is 10.8. The van der Waals surface area contributed by atoms with Crippen molar-refractivity contribution < 1.29 is 9.90 Å². The molecule has 4 aliphatic rings. The molecule has 110 valence electrons. The number of benzene rings is 1. The van der Waals surface area contributed by atoms with E-state index < -0.39 is 6.23 Å². The lowest BCUT2D eigenvalue weighted by atomic mass is 9.81. The van der Waals surface area contributed by atoms with Crippen molar-refractivity contribution in [2.45, 2.75) is 31.9 Å². The maximum Gasteiger partial charge on any atom is 0.232 e.